The van der Waals surface area contributed by atoms with Gasteiger partial charge in [-0.05, 0) is 36.8 Å². The number of halogens is 1. The van der Waals surface area contributed by atoms with Crippen LogP contribution in [0.25, 0.3) is 10.9 Å². The fraction of sp³-hybridized carbons (Fsp3) is 0.125. The lowest BCUT2D eigenvalue weighted by molar-refractivity contribution is 1.11. The molecule has 0 fully saturated rings. The summed E-state index contributed by atoms with van der Waals surface area (Å²) in [6.07, 6.45) is 3.63. The molecule has 3 aromatic rings. The molecule has 0 saturated heterocycles. The maximum absolute atomic E-state index is 4.49. The number of nitrogens with zero attached hydrogens (tertiary/aromatic N) is 2. The van der Waals surface area contributed by atoms with Crippen LogP contribution >= 0.6 is 15.9 Å². The predicted molar refractivity (Wildman–Crippen MR) is 85.7 cm³/mol. The van der Waals surface area contributed by atoms with Crippen molar-refractivity contribution in [3.05, 3.63) is 64.5 Å². The van der Waals surface area contributed by atoms with Gasteiger partial charge in [-0.15, -0.1) is 0 Å². The second-order valence-electron chi connectivity index (χ2n) is 4.60. The normalized spacial score (nSPS) is 10.7. The quantitative estimate of drug-likeness (QED) is 0.778. The molecule has 3 nitrogen and oxygen atoms in total. The Morgan fingerprint density at radius 3 is 2.70 bits per heavy atom. The third kappa shape index (κ3) is 2.51. The van der Waals surface area contributed by atoms with E-state index in [1.54, 1.807) is 6.20 Å². The van der Waals surface area contributed by atoms with Gasteiger partial charge in [0.2, 0.25) is 0 Å². The molecule has 0 amide bonds. The third-order valence-corrected chi connectivity index (χ3v) is 3.97. The monoisotopic (exact) mass is 327 g/mol. The highest BCUT2D eigenvalue weighted by Gasteiger charge is 2.06. The Hall–Kier alpha value is -1.94. The zero-order valence-electron chi connectivity index (χ0n) is 11.1. The molecule has 0 saturated carbocycles. The topological polar surface area (TPSA) is 37.8 Å². The van der Waals surface area contributed by atoms with Crippen molar-refractivity contribution in [1.29, 1.82) is 0 Å². The Labute approximate surface area is 126 Å². The van der Waals surface area contributed by atoms with Crippen molar-refractivity contribution >= 4 is 32.5 Å². The summed E-state index contributed by atoms with van der Waals surface area (Å²) in [7, 11) is 0. The molecular formula is C16H14BrN3. The molecule has 100 valence electrons. The zero-order valence-corrected chi connectivity index (χ0v) is 12.7. The highest BCUT2D eigenvalue weighted by molar-refractivity contribution is 9.10. The van der Waals surface area contributed by atoms with Crippen molar-refractivity contribution in [2.45, 2.75) is 13.5 Å². The van der Waals surface area contributed by atoms with Gasteiger partial charge in [0.15, 0.2) is 0 Å². The van der Waals surface area contributed by atoms with Crippen molar-refractivity contribution in [1.82, 2.24) is 9.97 Å². The van der Waals surface area contributed by atoms with Gasteiger partial charge in [-0.1, -0.05) is 28.1 Å². The smallest absolute Gasteiger partial charge is 0.0763 e. The van der Waals surface area contributed by atoms with Gasteiger partial charge in [-0.3, -0.25) is 9.97 Å². The average molecular weight is 328 g/mol. The first-order valence-corrected chi connectivity index (χ1v) is 7.22. The van der Waals surface area contributed by atoms with Crippen LogP contribution in [0.4, 0.5) is 5.69 Å². The largest absolute Gasteiger partial charge is 0.379 e. The van der Waals surface area contributed by atoms with Gasteiger partial charge in [0.25, 0.3) is 0 Å². The third-order valence-electron chi connectivity index (χ3n) is 3.28. The molecule has 1 aromatic carbocycles. The summed E-state index contributed by atoms with van der Waals surface area (Å²) in [5, 5.41) is 4.56. The summed E-state index contributed by atoms with van der Waals surface area (Å²) in [6, 6.07) is 12.2. The van der Waals surface area contributed by atoms with Gasteiger partial charge in [0, 0.05) is 28.8 Å². The first kappa shape index (κ1) is 13.1. The van der Waals surface area contributed by atoms with Crippen LogP contribution in [0.3, 0.4) is 0 Å². The van der Waals surface area contributed by atoms with E-state index in [1.807, 2.05) is 31.3 Å². The number of pyridine rings is 2. The lowest BCUT2D eigenvalue weighted by Gasteiger charge is -2.11. The molecule has 0 radical (unpaired) electrons. The molecule has 0 aliphatic rings. The minimum atomic E-state index is 0.729. The molecular weight excluding hydrogens is 314 g/mol. The Kier molecular flexibility index (Phi) is 3.65. The van der Waals surface area contributed by atoms with Crippen LogP contribution in [-0.4, -0.2) is 9.97 Å². The Morgan fingerprint density at radius 2 is 1.85 bits per heavy atom. The Morgan fingerprint density at radius 1 is 1.05 bits per heavy atom. The van der Waals surface area contributed by atoms with Crippen molar-refractivity contribution in [2.24, 2.45) is 0 Å². The van der Waals surface area contributed by atoms with E-state index in [-0.39, 0.29) is 0 Å². The van der Waals surface area contributed by atoms with E-state index in [4.69, 9.17) is 0 Å². The molecule has 4 heteroatoms. The number of aromatic nitrogens is 2. The second kappa shape index (κ2) is 5.59. The van der Waals surface area contributed by atoms with Crippen LogP contribution in [0.15, 0.2) is 53.3 Å². The molecule has 1 N–H and O–H groups in total. The summed E-state index contributed by atoms with van der Waals surface area (Å²) < 4.78 is 1.07. The summed E-state index contributed by atoms with van der Waals surface area (Å²) >= 11 is 3.57. The van der Waals surface area contributed by atoms with E-state index in [0.29, 0.717) is 0 Å². The van der Waals surface area contributed by atoms with Gasteiger partial charge in [0.05, 0.1) is 16.9 Å². The lowest BCUT2D eigenvalue weighted by atomic mass is 10.1. The highest BCUT2D eigenvalue weighted by atomic mass is 79.9. The molecule has 20 heavy (non-hydrogen) atoms. The first-order chi connectivity index (χ1) is 9.75. The van der Waals surface area contributed by atoms with Gasteiger partial charge < -0.3 is 5.32 Å². The maximum atomic E-state index is 4.49. The fourth-order valence-corrected chi connectivity index (χ4v) is 2.65. The first-order valence-electron chi connectivity index (χ1n) is 6.43. The molecule has 0 unspecified atom stereocenters. The number of nitrogens with one attached hydrogen (secondary N) is 1. The minimum absolute atomic E-state index is 0.729. The van der Waals surface area contributed by atoms with Gasteiger partial charge in [-0.2, -0.15) is 0 Å². The van der Waals surface area contributed by atoms with E-state index in [2.05, 4.69) is 49.4 Å². The summed E-state index contributed by atoms with van der Waals surface area (Å²) in [6.45, 7) is 2.73. The molecule has 0 bridgehead atoms. The van der Waals surface area contributed by atoms with Crippen LogP contribution in [0.5, 0.6) is 0 Å². The summed E-state index contributed by atoms with van der Waals surface area (Å²) in [5.74, 6) is 0. The number of benzene rings is 1. The SMILES string of the molecule is Cc1ncccc1NCc1ccc(Br)c2cccnc12. The molecule has 0 atom stereocenters. The number of fused-ring (bicyclic) bond motifs is 1. The van der Waals surface area contributed by atoms with E-state index in [9.17, 15) is 0 Å². The number of rotatable bonds is 3. The van der Waals surface area contributed by atoms with Crippen LogP contribution in [0, 0.1) is 6.92 Å². The van der Waals surface area contributed by atoms with E-state index < -0.39 is 0 Å². The molecule has 0 aliphatic carbocycles. The molecule has 3 rings (SSSR count). The average Bonchev–Trinajstić information content (AvgIpc) is 2.48. The minimum Gasteiger partial charge on any atom is -0.379 e. The number of anilines is 1. The van der Waals surface area contributed by atoms with Crippen molar-refractivity contribution < 1.29 is 0 Å². The van der Waals surface area contributed by atoms with E-state index in [1.165, 1.54) is 5.56 Å². The van der Waals surface area contributed by atoms with Crippen molar-refractivity contribution in [3.8, 4) is 0 Å². The lowest BCUT2D eigenvalue weighted by Crippen LogP contribution is -2.03. The van der Waals surface area contributed by atoms with Gasteiger partial charge >= 0.3 is 0 Å². The Balaban J connectivity index is 1.92. The molecule has 2 heterocycles. The molecule has 0 spiro atoms. The second-order valence-corrected chi connectivity index (χ2v) is 5.45. The predicted octanol–water partition coefficient (Wildman–Crippen LogP) is 4.31. The van der Waals surface area contributed by atoms with Crippen molar-refractivity contribution in [2.75, 3.05) is 5.32 Å². The number of hydrogen-bond donors (Lipinski definition) is 1. The zero-order chi connectivity index (χ0) is 13.9. The maximum Gasteiger partial charge on any atom is 0.0763 e. The van der Waals surface area contributed by atoms with Crippen LogP contribution in [0.2, 0.25) is 0 Å². The van der Waals surface area contributed by atoms with E-state index >= 15 is 0 Å². The standard InChI is InChI=1S/C16H14BrN3/c1-11-15(5-3-8-18-11)20-10-12-6-7-14(17)13-4-2-9-19-16(12)13/h2-9,20H,10H2,1H3. The highest BCUT2D eigenvalue weighted by Crippen LogP contribution is 2.25. The van der Waals surface area contributed by atoms with Gasteiger partial charge in [0.1, 0.15) is 0 Å². The fourth-order valence-electron chi connectivity index (χ4n) is 2.20. The van der Waals surface area contributed by atoms with Crippen LogP contribution in [0.1, 0.15) is 11.3 Å². The summed E-state index contributed by atoms with van der Waals surface area (Å²) in [4.78, 5) is 8.77. The molecule has 2 aromatic heterocycles. The number of hydrogen-bond acceptors (Lipinski definition) is 3. The van der Waals surface area contributed by atoms with Gasteiger partial charge in [-0.25, -0.2) is 0 Å². The molecule has 0 aliphatic heterocycles. The van der Waals surface area contributed by atoms with Crippen LogP contribution < -0.4 is 5.32 Å². The summed E-state index contributed by atoms with van der Waals surface area (Å²) in [5.41, 5.74) is 4.25. The van der Waals surface area contributed by atoms with Crippen molar-refractivity contribution in [3.63, 3.8) is 0 Å². The number of aryl methyl sites for hydroxylation is 1. The van der Waals surface area contributed by atoms with Crippen LogP contribution in [-0.2, 0) is 6.54 Å². The Bertz CT molecular complexity index is 756. The van der Waals surface area contributed by atoms with E-state index in [0.717, 1.165) is 33.3 Å².